The van der Waals surface area contributed by atoms with Gasteiger partial charge in [-0.25, -0.2) is 4.79 Å². The summed E-state index contributed by atoms with van der Waals surface area (Å²) in [7, 11) is 3.38. The minimum Gasteiger partial charge on any atom is -0.481 e. The Labute approximate surface area is 120 Å². The molecule has 0 aromatic heterocycles. The summed E-state index contributed by atoms with van der Waals surface area (Å²) >= 11 is 0. The molecule has 20 heavy (non-hydrogen) atoms. The van der Waals surface area contributed by atoms with E-state index >= 15 is 0 Å². The van der Waals surface area contributed by atoms with Crippen molar-refractivity contribution in [2.24, 2.45) is 5.92 Å². The zero-order valence-corrected chi connectivity index (χ0v) is 12.4. The van der Waals surface area contributed by atoms with Crippen LogP contribution in [0.25, 0.3) is 0 Å². The average molecular weight is 286 g/mol. The highest BCUT2D eigenvalue weighted by atomic mass is 16.5. The lowest BCUT2D eigenvalue weighted by Crippen LogP contribution is -2.39. The zero-order chi connectivity index (χ0) is 15.0. The van der Waals surface area contributed by atoms with E-state index < -0.39 is 5.97 Å². The van der Waals surface area contributed by atoms with E-state index in [4.69, 9.17) is 9.84 Å². The Morgan fingerprint density at radius 3 is 2.50 bits per heavy atom. The summed E-state index contributed by atoms with van der Waals surface area (Å²) in [5.74, 6) is -0.231. The van der Waals surface area contributed by atoms with Gasteiger partial charge in [-0.3, -0.25) is 4.79 Å². The second-order valence-corrected chi connectivity index (χ2v) is 5.46. The molecule has 0 saturated heterocycles. The van der Waals surface area contributed by atoms with Gasteiger partial charge in [-0.15, -0.1) is 0 Å². The number of methoxy groups -OCH3 is 1. The van der Waals surface area contributed by atoms with Gasteiger partial charge in [0.1, 0.15) is 0 Å². The number of hydrogen-bond acceptors (Lipinski definition) is 3. The molecule has 2 amide bonds. The standard InChI is InChI=1S/C14H26N2O4/c1-16(10-8-13(17)18)14(19)15-9-7-11-3-5-12(20-2)6-4-11/h11-12H,3-10H2,1-2H3,(H,15,19)(H,17,18). The Hall–Kier alpha value is -1.30. The molecule has 0 spiro atoms. The van der Waals surface area contributed by atoms with Gasteiger partial charge in [0.2, 0.25) is 0 Å². The predicted octanol–water partition coefficient (Wildman–Crippen LogP) is 1.70. The van der Waals surface area contributed by atoms with Crippen molar-refractivity contribution in [1.29, 1.82) is 0 Å². The molecule has 6 heteroatoms. The third-order valence-corrected chi connectivity index (χ3v) is 3.96. The molecule has 1 fully saturated rings. The first kappa shape index (κ1) is 16.8. The highest BCUT2D eigenvalue weighted by molar-refractivity contribution is 5.74. The van der Waals surface area contributed by atoms with Crippen LogP contribution in [0.5, 0.6) is 0 Å². The number of nitrogens with zero attached hydrogens (tertiary/aromatic N) is 1. The van der Waals surface area contributed by atoms with Crippen LogP contribution in [-0.2, 0) is 9.53 Å². The number of aliphatic carboxylic acids is 1. The number of carboxylic acid groups (broad SMARTS) is 1. The van der Waals surface area contributed by atoms with E-state index in [-0.39, 0.29) is 19.0 Å². The van der Waals surface area contributed by atoms with E-state index in [2.05, 4.69) is 5.32 Å². The van der Waals surface area contributed by atoms with Gasteiger partial charge in [0, 0.05) is 27.2 Å². The maximum absolute atomic E-state index is 11.7. The first-order chi connectivity index (χ1) is 9.52. The number of urea groups is 1. The Balaban J connectivity index is 2.11. The summed E-state index contributed by atoms with van der Waals surface area (Å²) in [5.41, 5.74) is 0. The van der Waals surface area contributed by atoms with E-state index in [0.717, 1.165) is 32.1 Å². The van der Waals surface area contributed by atoms with Crippen LogP contribution in [0, 0.1) is 5.92 Å². The largest absolute Gasteiger partial charge is 0.481 e. The summed E-state index contributed by atoms with van der Waals surface area (Å²) in [6.45, 7) is 0.888. The van der Waals surface area contributed by atoms with Gasteiger partial charge in [0.05, 0.1) is 12.5 Å². The van der Waals surface area contributed by atoms with Crippen molar-refractivity contribution in [3.63, 3.8) is 0 Å². The SMILES string of the molecule is COC1CCC(CCNC(=O)N(C)CCC(=O)O)CC1. The van der Waals surface area contributed by atoms with Crippen LogP contribution >= 0.6 is 0 Å². The molecule has 116 valence electrons. The molecule has 1 rings (SSSR count). The zero-order valence-electron chi connectivity index (χ0n) is 12.4. The number of hydrogen-bond donors (Lipinski definition) is 2. The number of carbonyl (C=O) groups is 2. The molecule has 1 saturated carbocycles. The van der Waals surface area contributed by atoms with Gasteiger partial charge in [0.25, 0.3) is 0 Å². The molecular weight excluding hydrogens is 260 g/mol. The van der Waals surface area contributed by atoms with E-state index in [1.54, 1.807) is 14.2 Å². The summed E-state index contributed by atoms with van der Waals surface area (Å²) < 4.78 is 5.34. The van der Waals surface area contributed by atoms with Crippen LogP contribution in [0.4, 0.5) is 4.79 Å². The van der Waals surface area contributed by atoms with Crippen LogP contribution in [-0.4, -0.2) is 55.4 Å². The molecule has 0 atom stereocenters. The van der Waals surface area contributed by atoms with E-state index in [0.29, 0.717) is 18.6 Å². The lowest BCUT2D eigenvalue weighted by molar-refractivity contribution is -0.137. The second kappa shape index (κ2) is 8.79. The number of ether oxygens (including phenoxy) is 1. The maximum atomic E-state index is 11.7. The fourth-order valence-electron chi connectivity index (χ4n) is 2.54. The first-order valence-corrected chi connectivity index (χ1v) is 7.26. The molecule has 0 radical (unpaired) electrons. The van der Waals surface area contributed by atoms with E-state index in [1.807, 2.05) is 0 Å². The van der Waals surface area contributed by atoms with Crippen molar-refractivity contribution in [1.82, 2.24) is 10.2 Å². The van der Waals surface area contributed by atoms with Crippen LogP contribution in [0.3, 0.4) is 0 Å². The topological polar surface area (TPSA) is 78.9 Å². The highest BCUT2D eigenvalue weighted by Gasteiger charge is 2.20. The Morgan fingerprint density at radius 1 is 1.30 bits per heavy atom. The van der Waals surface area contributed by atoms with Crippen molar-refractivity contribution in [2.75, 3.05) is 27.2 Å². The molecule has 1 aliphatic carbocycles. The van der Waals surface area contributed by atoms with E-state index in [9.17, 15) is 9.59 Å². The minimum absolute atomic E-state index is 0.0229. The van der Waals surface area contributed by atoms with Crippen molar-refractivity contribution in [3.8, 4) is 0 Å². The lowest BCUT2D eigenvalue weighted by Gasteiger charge is -2.27. The Kier molecular flexibility index (Phi) is 7.36. The van der Waals surface area contributed by atoms with Crippen molar-refractivity contribution >= 4 is 12.0 Å². The third-order valence-electron chi connectivity index (χ3n) is 3.96. The average Bonchev–Trinajstić information content (AvgIpc) is 2.45. The summed E-state index contributed by atoms with van der Waals surface area (Å²) in [6.07, 6.45) is 5.89. The minimum atomic E-state index is -0.889. The summed E-state index contributed by atoms with van der Waals surface area (Å²) in [5, 5.41) is 11.4. The normalized spacial score (nSPS) is 22.3. The molecule has 0 aromatic rings. The summed E-state index contributed by atoms with van der Waals surface area (Å²) in [6, 6.07) is -0.197. The first-order valence-electron chi connectivity index (χ1n) is 7.26. The van der Waals surface area contributed by atoms with Crippen molar-refractivity contribution in [3.05, 3.63) is 0 Å². The van der Waals surface area contributed by atoms with Crippen LogP contribution in [0.15, 0.2) is 0 Å². The summed E-state index contributed by atoms with van der Waals surface area (Å²) in [4.78, 5) is 23.5. The number of rotatable bonds is 7. The van der Waals surface area contributed by atoms with Crippen LogP contribution in [0.2, 0.25) is 0 Å². The molecule has 0 aromatic carbocycles. The fourth-order valence-corrected chi connectivity index (χ4v) is 2.54. The molecule has 0 aliphatic heterocycles. The quantitative estimate of drug-likeness (QED) is 0.746. The molecule has 6 nitrogen and oxygen atoms in total. The molecule has 1 aliphatic rings. The molecule has 2 N–H and O–H groups in total. The smallest absolute Gasteiger partial charge is 0.317 e. The molecular formula is C14H26N2O4. The van der Waals surface area contributed by atoms with Crippen molar-refractivity contribution < 1.29 is 19.4 Å². The van der Waals surface area contributed by atoms with Gasteiger partial charge in [-0.2, -0.15) is 0 Å². The molecule has 0 heterocycles. The van der Waals surface area contributed by atoms with Gasteiger partial charge < -0.3 is 20.1 Å². The Morgan fingerprint density at radius 2 is 1.95 bits per heavy atom. The second-order valence-electron chi connectivity index (χ2n) is 5.46. The predicted molar refractivity (Wildman–Crippen MR) is 75.7 cm³/mol. The van der Waals surface area contributed by atoms with E-state index in [1.165, 1.54) is 4.90 Å². The fraction of sp³-hybridized carbons (Fsp3) is 0.857. The third kappa shape index (κ3) is 6.23. The maximum Gasteiger partial charge on any atom is 0.317 e. The lowest BCUT2D eigenvalue weighted by atomic mass is 9.85. The van der Waals surface area contributed by atoms with Gasteiger partial charge in [-0.1, -0.05) is 0 Å². The number of carbonyl (C=O) groups excluding carboxylic acids is 1. The van der Waals surface area contributed by atoms with Crippen molar-refractivity contribution in [2.45, 2.75) is 44.6 Å². The van der Waals surface area contributed by atoms with Gasteiger partial charge >= 0.3 is 12.0 Å². The van der Waals surface area contributed by atoms with Crippen LogP contribution in [0.1, 0.15) is 38.5 Å². The highest BCUT2D eigenvalue weighted by Crippen LogP contribution is 2.27. The Bertz CT molecular complexity index is 314. The van der Waals surface area contributed by atoms with Crippen LogP contribution < -0.4 is 5.32 Å². The number of amides is 2. The van der Waals surface area contributed by atoms with Gasteiger partial charge in [-0.05, 0) is 38.0 Å². The monoisotopic (exact) mass is 286 g/mol. The van der Waals surface area contributed by atoms with Gasteiger partial charge in [0.15, 0.2) is 0 Å². The number of nitrogens with one attached hydrogen (secondary N) is 1. The molecule has 0 unspecified atom stereocenters. The number of carboxylic acids is 1. The molecule has 0 bridgehead atoms.